The SMILES string of the molecule is CCCCCCCCCCCCCCCC(CC)c1ccccc1. The van der Waals surface area contributed by atoms with Crippen LogP contribution in [-0.4, -0.2) is 0 Å². The zero-order valence-corrected chi connectivity index (χ0v) is 16.6. The summed E-state index contributed by atoms with van der Waals surface area (Å²) in [6, 6.07) is 11.1. The van der Waals surface area contributed by atoms with Gasteiger partial charge < -0.3 is 0 Å². The van der Waals surface area contributed by atoms with Crippen LogP contribution < -0.4 is 0 Å². The van der Waals surface area contributed by atoms with Crippen LogP contribution in [0.15, 0.2) is 30.3 Å². The first kappa shape index (κ1) is 21.3. The summed E-state index contributed by atoms with van der Waals surface area (Å²) in [4.78, 5) is 0. The van der Waals surface area contributed by atoms with E-state index in [-0.39, 0.29) is 0 Å². The van der Waals surface area contributed by atoms with E-state index in [9.17, 15) is 0 Å². The number of unbranched alkanes of at least 4 members (excludes halogenated alkanes) is 12. The molecule has 1 aromatic carbocycles. The van der Waals surface area contributed by atoms with Crippen LogP contribution in [0.1, 0.15) is 122 Å². The second-order valence-electron chi connectivity index (χ2n) is 7.55. The average molecular weight is 331 g/mol. The van der Waals surface area contributed by atoms with Gasteiger partial charge in [0.2, 0.25) is 0 Å². The fourth-order valence-corrected chi connectivity index (χ4v) is 3.74. The van der Waals surface area contributed by atoms with Crippen molar-refractivity contribution in [2.75, 3.05) is 0 Å². The van der Waals surface area contributed by atoms with E-state index in [1.54, 1.807) is 5.56 Å². The Bertz CT molecular complexity index is 354. The van der Waals surface area contributed by atoms with Crippen LogP contribution in [0.4, 0.5) is 0 Å². The van der Waals surface area contributed by atoms with Gasteiger partial charge >= 0.3 is 0 Å². The highest BCUT2D eigenvalue weighted by molar-refractivity contribution is 5.19. The maximum Gasteiger partial charge on any atom is -0.0165 e. The fraction of sp³-hybridized carbons (Fsp3) is 0.750. The molecule has 0 aromatic heterocycles. The molecule has 0 heteroatoms. The molecule has 0 saturated heterocycles. The van der Waals surface area contributed by atoms with E-state index in [1.165, 1.54) is 96.3 Å². The van der Waals surface area contributed by atoms with Crippen LogP contribution in [0.5, 0.6) is 0 Å². The zero-order chi connectivity index (χ0) is 17.3. The predicted molar refractivity (Wildman–Crippen MR) is 110 cm³/mol. The van der Waals surface area contributed by atoms with Gasteiger partial charge in [0.05, 0.1) is 0 Å². The Labute approximate surface area is 152 Å². The summed E-state index contributed by atoms with van der Waals surface area (Å²) in [5.41, 5.74) is 1.54. The summed E-state index contributed by atoms with van der Waals surface area (Å²) in [6.07, 6.45) is 21.5. The summed E-state index contributed by atoms with van der Waals surface area (Å²) >= 11 is 0. The molecule has 0 aliphatic heterocycles. The molecule has 0 fully saturated rings. The molecular weight excluding hydrogens is 288 g/mol. The van der Waals surface area contributed by atoms with Gasteiger partial charge in [-0.1, -0.05) is 128 Å². The van der Waals surface area contributed by atoms with Crippen molar-refractivity contribution < 1.29 is 0 Å². The minimum absolute atomic E-state index is 0.777. The van der Waals surface area contributed by atoms with Gasteiger partial charge in [-0.2, -0.15) is 0 Å². The molecule has 1 unspecified atom stereocenters. The highest BCUT2D eigenvalue weighted by Gasteiger charge is 2.07. The first-order chi connectivity index (χ1) is 11.9. The van der Waals surface area contributed by atoms with Crippen molar-refractivity contribution >= 4 is 0 Å². The Balaban J connectivity index is 1.88. The predicted octanol–water partition coefficient (Wildman–Crippen LogP) is 8.66. The van der Waals surface area contributed by atoms with Gasteiger partial charge in [0.25, 0.3) is 0 Å². The largest absolute Gasteiger partial charge is 0.0654 e. The fourth-order valence-electron chi connectivity index (χ4n) is 3.74. The summed E-state index contributed by atoms with van der Waals surface area (Å²) < 4.78 is 0. The Hall–Kier alpha value is -0.780. The Morgan fingerprint density at radius 3 is 1.50 bits per heavy atom. The molecule has 0 spiro atoms. The van der Waals surface area contributed by atoms with Gasteiger partial charge in [-0.3, -0.25) is 0 Å². The minimum atomic E-state index is 0.777. The van der Waals surface area contributed by atoms with Crippen LogP contribution in [0.3, 0.4) is 0 Å². The van der Waals surface area contributed by atoms with Crippen LogP contribution in [0.25, 0.3) is 0 Å². The van der Waals surface area contributed by atoms with Gasteiger partial charge in [-0.25, -0.2) is 0 Å². The van der Waals surface area contributed by atoms with E-state index in [2.05, 4.69) is 44.2 Å². The van der Waals surface area contributed by atoms with Crippen LogP contribution >= 0.6 is 0 Å². The lowest BCUT2D eigenvalue weighted by molar-refractivity contribution is 0.513. The van der Waals surface area contributed by atoms with Crippen molar-refractivity contribution in [2.45, 2.75) is 116 Å². The maximum absolute atomic E-state index is 2.33. The highest BCUT2D eigenvalue weighted by Crippen LogP contribution is 2.25. The van der Waals surface area contributed by atoms with Crippen molar-refractivity contribution in [3.63, 3.8) is 0 Å². The Morgan fingerprint density at radius 1 is 0.583 bits per heavy atom. The molecule has 0 nitrogen and oxygen atoms in total. The molecule has 0 amide bonds. The number of hydrogen-bond acceptors (Lipinski definition) is 0. The minimum Gasteiger partial charge on any atom is -0.0654 e. The quantitative estimate of drug-likeness (QED) is 0.266. The van der Waals surface area contributed by atoms with Crippen LogP contribution in [0.2, 0.25) is 0 Å². The van der Waals surface area contributed by atoms with E-state index < -0.39 is 0 Å². The third-order valence-corrected chi connectivity index (χ3v) is 5.42. The topological polar surface area (TPSA) is 0 Å². The molecule has 1 atom stereocenters. The van der Waals surface area contributed by atoms with E-state index in [4.69, 9.17) is 0 Å². The second kappa shape index (κ2) is 15.7. The van der Waals surface area contributed by atoms with E-state index in [1.807, 2.05) is 0 Å². The normalized spacial score (nSPS) is 12.4. The van der Waals surface area contributed by atoms with Crippen molar-refractivity contribution in [1.82, 2.24) is 0 Å². The lowest BCUT2D eigenvalue weighted by Gasteiger charge is -2.15. The lowest BCUT2D eigenvalue weighted by Crippen LogP contribution is -1.97. The van der Waals surface area contributed by atoms with Gasteiger partial charge in [0.15, 0.2) is 0 Å². The zero-order valence-electron chi connectivity index (χ0n) is 16.6. The van der Waals surface area contributed by atoms with E-state index in [0.717, 1.165) is 5.92 Å². The third kappa shape index (κ3) is 10.9. The monoisotopic (exact) mass is 330 g/mol. The van der Waals surface area contributed by atoms with Gasteiger partial charge in [-0.05, 0) is 24.3 Å². The maximum atomic E-state index is 2.33. The van der Waals surface area contributed by atoms with Crippen LogP contribution in [-0.2, 0) is 0 Å². The van der Waals surface area contributed by atoms with Gasteiger partial charge in [-0.15, -0.1) is 0 Å². The number of hydrogen-bond donors (Lipinski definition) is 0. The molecule has 0 radical (unpaired) electrons. The number of rotatable bonds is 16. The summed E-state index contributed by atoms with van der Waals surface area (Å²) in [6.45, 7) is 4.63. The lowest BCUT2D eigenvalue weighted by atomic mass is 9.91. The summed E-state index contributed by atoms with van der Waals surface area (Å²) in [5.74, 6) is 0.777. The van der Waals surface area contributed by atoms with Crippen molar-refractivity contribution in [2.24, 2.45) is 0 Å². The molecule has 0 bridgehead atoms. The third-order valence-electron chi connectivity index (χ3n) is 5.42. The average Bonchev–Trinajstić information content (AvgIpc) is 2.63. The van der Waals surface area contributed by atoms with Crippen molar-refractivity contribution in [3.8, 4) is 0 Å². The molecule has 1 aromatic rings. The molecule has 0 saturated carbocycles. The first-order valence-corrected chi connectivity index (χ1v) is 10.9. The molecule has 24 heavy (non-hydrogen) atoms. The highest BCUT2D eigenvalue weighted by atomic mass is 14.1. The first-order valence-electron chi connectivity index (χ1n) is 10.9. The molecule has 0 aliphatic rings. The molecule has 0 N–H and O–H groups in total. The number of benzene rings is 1. The molecule has 138 valence electrons. The van der Waals surface area contributed by atoms with Gasteiger partial charge in [0.1, 0.15) is 0 Å². The molecular formula is C24H42. The second-order valence-corrected chi connectivity index (χ2v) is 7.55. The smallest absolute Gasteiger partial charge is 0.0165 e. The molecule has 0 aliphatic carbocycles. The molecule has 0 heterocycles. The van der Waals surface area contributed by atoms with Gasteiger partial charge in [0, 0.05) is 0 Å². The van der Waals surface area contributed by atoms with Crippen LogP contribution in [0, 0.1) is 0 Å². The van der Waals surface area contributed by atoms with Crippen molar-refractivity contribution in [1.29, 1.82) is 0 Å². The van der Waals surface area contributed by atoms with E-state index in [0.29, 0.717) is 0 Å². The molecule has 1 rings (SSSR count). The Morgan fingerprint density at radius 2 is 1.04 bits per heavy atom. The van der Waals surface area contributed by atoms with E-state index >= 15 is 0 Å². The summed E-state index contributed by atoms with van der Waals surface area (Å²) in [5, 5.41) is 0. The standard InChI is InChI=1S/C24H42/c1-3-5-6-7-8-9-10-11-12-13-14-15-17-20-23(4-2)24-21-18-16-19-22-24/h16,18-19,21-23H,3-15,17,20H2,1-2H3. The summed E-state index contributed by atoms with van der Waals surface area (Å²) in [7, 11) is 0. The van der Waals surface area contributed by atoms with Crippen molar-refractivity contribution in [3.05, 3.63) is 35.9 Å². The Kier molecular flexibility index (Phi) is 13.9.